The number of hydrogen-bond acceptors (Lipinski definition) is 5. The third-order valence-electron chi connectivity index (χ3n) is 3.98. The van der Waals surface area contributed by atoms with E-state index in [0.29, 0.717) is 4.47 Å². The number of aromatic nitrogens is 5. The molecule has 0 saturated heterocycles. The fourth-order valence-electron chi connectivity index (χ4n) is 2.59. The molecule has 142 valence electrons. The first-order valence-electron chi connectivity index (χ1n) is 7.56. The van der Waals surface area contributed by atoms with Crippen molar-refractivity contribution in [2.24, 2.45) is 0 Å². The van der Waals surface area contributed by atoms with Gasteiger partial charge in [-0.15, -0.1) is 5.10 Å². The summed E-state index contributed by atoms with van der Waals surface area (Å²) in [6.45, 7) is -1.84. The lowest BCUT2D eigenvalue weighted by atomic mass is 9.84. The SMILES string of the molecule is OC(Cn1cnnn1)(c1ccc(CF)cc1F)C(F)(F)c1ccc(Br)cn1. The molecule has 1 atom stereocenters. The maximum absolute atomic E-state index is 15.3. The standard InChI is InChI=1S/C16H12BrF4N5O/c17-11-2-4-14(22-7-11)16(20,21)15(27,8-26-9-23-24-25-26)12-3-1-10(6-18)5-13(12)19/h1-5,7,9,27H,6,8H2. The molecule has 0 aliphatic carbocycles. The molecule has 0 bridgehead atoms. The molecule has 0 aliphatic heterocycles. The van der Waals surface area contributed by atoms with E-state index < -0.39 is 41.8 Å². The van der Waals surface area contributed by atoms with E-state index in [1.165, 1.54) is 6.07 Å². The Kier molecular flexibility index (Phi) is 5.24. The van der Waals surface area contributed by atoms with Crippen LogP contribution in [0, 0.1) is 5.82 Å². The van der Waals surface area contributed by atoms with Gasteiger partial charge in [0.25, 0.3) is 0 Å². The maximum Gasteiger partial charge on any atom is 0.323 e. The Morgan fingerprint density at radius 1 is 1.19 bits per heavy atom. The van der Waals surface area contributed by atoms with Crippen LogP contribution in [0.4, 0.5) is 17.6 Å². The van der Waals surface area contributed by atoms with Gasteiger partial charge in [-0.25, -0.2) is 13.5 Å². The first kappa shape index (κ1) is 19.4. The van der Waals surface area contributed by atoms with Crippen LogP contribution in [-0.2, 0) is 24.7 Å². The molecule has 2 heterocycles. The second-order valence-electron chi connectivity index (χ2n) is 5.75. The largest absolute Gasteiger partial charge is 0.377 e. The molecule has 3 aromatic rings. The minimum atomic E-state index is -4.03. The third kappa shape index (κ3) is 3.56. The average molecular weight is 446 g/mol. The van der Waals surface area contributed by atoms with Crippen LogP contribution in [0.1, 0.15) is 16.8 Å². The number of pyridine rings is 1. The third-order valence-corrected chi connectivity index (χ3v) is 4.45. The Hall–Kier alpha value is -2.40. The zero-order valence-electron chi connectivity index (χ0n) is 13.5. The molecule has 0 amide bonds. The van der Waals surface area contributed by atoms with Crippen LogP contribution in [0.15, 0.2) is 47.3 Å². The van der Waals surface area contributed by atoms with Crippen molar-refractivity contribution in [3.05, 3.63) is 70.0 Å². The number of nitrogens with zero attached hydrogens (tertiary/aromatic N) is 5. The van der Waals surface area contributed by atoms with E-state index in [9.17, 15) is 13.9 Å². The lowest BCUT2D eigenvalue weighted by Crippen LogP contribution is -2.48. The Labute approximate surface area is 159 Å². The van der Waals surface area contributed by atoms with Crippen LogP contribution in [0.2, 0.25) is 0 Å². The maximum atomic E-state index is 15.3. The fourth-order valence-corrected chi connectivity index (χ4v) is 2.83. The van der Waals surface area contributed by atoms with Crippen LogP contribution < -0.4 is 0 Å². The minimum absolute atomic E-state index is 0.0499. The molecule has 0 saturated carbocycles. The van der Waals surface area contributed by atoms with E-state index in [1.807, 2.05) is 0 Å². The first-order chi connectivity index (χ1) is 12.8. The van der Waals surface area contributed by atoms with Gasteiger partial charge in [0.05, 0.1) is 6.54 Å². The number of rotatable bonds is 6. The van der Waals surface area contributed by atoms with E-state index >= 15 is 8.78 Å². The van der Waals surface area contributed by atoms with Crippen molar-refractivity contribution in [1.82, 2.24) is 25.2 Å². The summed E-state index contributed by atoms with van der Waals surface area (Å²) >= 11 is 3.09. The molecule has 0 spiro atoms. The van der Waals surface area contributed by atoms with Crippen LogP contribution in [0.5, 0.6) is 0 Å². The molecule has 1 N–H and O–H groups in total. The quantitative estimate of drug-likeness (QED) is 0.589. The van der Waals surface area contributed by atoms with Crippen molar-refractivity contribution < 1.29 is 22.7 Å². The van der Waals surface area contributed by atoms with E-state index in [2.05, 4.69) is 36.4 Å². The van der Waals surface area contributed by atoms with E-state index in [0.717, 1.165) is 41.5 Å². The number of hydrogen-bond donors (Lipinski definition) is 1. The first-order valence-corrected chi connectivity index (χ1v) is 8.35. The van der Waals surface area contributed by atoms with Crippen molar-refractivity contribution in [3.63, 3.8) is 0 Å². The van der Waals surface area contributed by atoms with Crippen molar-refractivity contribution in [2.45, 2.75) is 24.7 Å². The molecule has 6 nitrogen and oxygen atoms in total. The van der Waals surface area contributed by atoms with Crippen molar-refractivity contribution >= 4 is 15.9 Å². The summed E-state index contributed by atoms with van der Waals surface area (Å²) in [5.74, 6) is -5.21. The van der Waals surface area contributed by atoms with Gasteiger partial charge in [0.15, 0.2) is 5.60 Å². The van der Waals surface area contributed by atoms with Crippen LogP contribution in [0.3, 0.4) is 0 Å². The van der Waals surface area contributed by atoms with Gasteiger partial charge in [0, 0.05) is 16.2 Å². The van der Waals surface area contributed by atoms with Gasteiger partial charge in [-0.05, 0) is 50.1 Å². The van der Waals surface area contributed by atoms with Crippen molar-refractivity contribution in [2.75, 3.05) is 0 Å². The summed E-state index contributed by atoms with van der Waals surface area (Å²) in [7, 11) is 0. The Morgan fingerprint density at radius 3 is 2.52 bits per heavy atom. The zero-order valence-corrected chi connectivity index (χ0v) is 15.1. The highest BCUT2D eigenvalue weighted by atomic mass is 79.9. The monoisotopic (exact) mass is 445 g/mol. The summed E-state index contributed by atoms with van der Waals surface area (Å²) in [5, 5.41) is 21.1. The zero-order chi connectivity index (χ0) is 19.7. The minimum Gasteiger partial charge on any atom is -0.377 e. The Bertz CT molecular complexity index is 923. The molecule has 2 aromatic heterocycles. The second kappa shape index (κ2) is 7.31. The molecular formula is C16H12BrF4N5O. The highest BCUT2D eigenvalue weighted by molar-refractivity contribution is 9.10. The van der Waals surface area contributed by atoms with Gasteiger partial charge in [-0.3, -0.25) is 4.98 Å². The van der Waals surface area contributed by atoms with Gasteiger partial charge < -0.3 is 5.11 Å². The second-order valence-corrected chi connectivity index (χ2v) is 6.67. The Balaban J connectivity index is 2.16. The molecule has 0 radical (unpaired) electrons. The van der Waals surface area contributed by atoms with E-state index in [4.69, 9.17) is 0 Å². The highest BCUT2D eigenvalue weighted by Gasteiger charge is 2.57. The molecule has 3 rings (SSSR count). The summed E-state index contributed by atoms with van der Waals surface area (Å²) in [5.41, 5.74) is -4.66. The normalized spacial score (nSPS) is 14.1. The summed E-state index contributed by atoms with van der Waals surface area (Å²) in [4.78, 5) is 3.63. The molecule has 0 fully saturated rings. The predicted molar refractivity (Wildman–Crippen MR) is 88.8 cm³/mol. The predicted octanol–water partition coefficient (Wildman–Crippen LogP) is 3.12. The topological polar surface area (TPSA) is 76.7 Å². The smallest absolute Gasteiger partial charge is 0.323 e. The highest BCUT2D eigenvalue weighted by Crippen LogP contribution is 2.46. The van der Waals surface area contributed by atoms with Crippen LogP contribution in [0.25, 0.3) is 0 Å². The Morgan fingerprint density at radius 2 is 1.96 bits per heavy atom. The average Bonchev–Trinajstić information content (AvgIpc) is 3.14. The van der Waals surface area contributed by atoms with Gasteiger partial charge in [0.2, 0.25) is 0 Å². The molecule has 11 heteroatoms. The van der Waals surface area contributed by atoms with Gasteiger partial charge in [0.1, 0.15) is 24.5 Å². The summed E-state index contributed by atoms with van der Waals surface area (Å²) < 4.78 is 59.2. The van der Waals surface area contributed by atoms with Gasteiger partial charge in [-0.2, -0.15) is 8.78 Å². The number of benzene rings is 1. The van der Waals surface area contributed by atoms with Gasteiger partial charge in [-0.1, -0.05) is 12.1 Å². The number of halogens is 5. The molecule has 1 unspecified atom stereocenters. The number of tetrazole rings is 1. The number of alkyl halides is 3. The molecule has 27 heavy (non-hydrogen) atoms. The van der Waals surface area contributed by atoms with Crippen molar-refractivity contribution in [3.8, 4) is 0 Å². The van der Waals surface area contributed by atoms with E-state index in [-0.39, 0.29) is 5.56 Å². The molecule has 0 aliphatic rings. The fraction of sp³-hybridized carbons (Fsp3) is 0.250. The van der Waals surface area contributed by atoms with E-state index in [1.54, 1.807) is 0 Å². The summed E-state index contributed by atoms with van der Waals surface area (Å²) in [6, 6.07) is 5.11. The van der Waals surface area contributed by atoms with Crippen LogP contribution in [-0.4, -0.2) is 30.3 Å². The molecule has 1 aromatic carbocycles. The van der Waals surface area contributed by atoms with Gasteiger partial charge >= 0.3 is 5.92 Å². The van der Waals surface area contributed by atoms with Crippen LogP contribution >= 0.6 is 15.9 Å². The van der Waals surface area contributed by atoms with Crippen molar-refractivity contribution in [1.29, 1.82) is 0 Å². The number of aliphatic hydroxyl groups is 1. The lowest BCUT2D eigenvalue weighted by Gasteiger charge is -2.35. The summed E-state index contributed by atoms with van der Waals surface area (Å²) in [6.07, 6.45) is 2.13. The lowest BCUT2D eigenvalue weighted by molar-refractivity contribution is -0.207. The molecular weight excluding hydrogens is 434 g/mol.